The topological polar surface area (TPSA) is 66.8 Å². The van der Waals surface area contributed by atoms with Crippen molar-refractivity contribution < 1.29 is 19.4 Å². The normalized spacial score (nSPS) is 12.4. The van der Waals surface area contributed by atoms with E-state index >= 15 is 0 Å². The summed E-state index contributed by atoms with van der Waals surface area (Å²) in [5, 5.41) is 9.63. The molecule has 0 aliphatic rings. The van der Waals surface area contributed by atoms with E-state index in [2.05, 4.69) is 105 Å². The molecule has 6 heteroatoms. The number of hydrogen-bond acceptors (Lipinski definition) is 5. The second kappa shape index (κ2) is 16.7. The van der Waals surface area contributed by atoms with Crippen LogP contribution in [0.2, 0.25) is 0 Å². The van der Waals surface area contributed by atoms with Gasteiger partial charge >= 0.3 is 11.9 Å². The van der Waals surface area contributed by atoms with Gasteiger partial charge in [-0.15, -0.1) is 0 Å². The van der Waals surface area contributed by atoms with Crippen LogP contribution in [0.1, 0.15) is 96.8 Å². The van der Waals surface area contributed by atoms with Crippen LogP contribution in [0.15, 0.2) is 72.8 Å². The van der Waals surface area contributed by atoms with Gasteiger partial charge in [0.2, 0.25) is 0 Å². The van der Waals surface area contributed by atoms with E-state index in [9.17, 15) is 14.7 Å². The number of carbonyl (C=O) groups is 2. The van der Waals surface area contributed by atoms with Gasteiger partial charge in [0.15, 0.2) is 0 Å². The smallest absolute Gasteiger partial charge is 0.307 e. The minimum atomic E-state index is -0.869. The third-order valence-electron chi connectivity index (χ3n) is 7.93. The molecule has 3 aromatic carbocycles. The summed E-state index contributed by atoms with van der Waals surface area (Å²) in [6.07, 6.45) is 2.73. The fourth-order valence-corrected chi connectivity index (χ4v) is 6.53. The van der Waals surface area contributed by atoms with Crippen molar-refractivity contribution in [3.63, 3.8) is 0 Å². The quantitative estimate of drug-likeness (QED) is 0.161. The van der Waals surface area contributed by atoms with Gasteiger partial charge in [0.1, 0.15) is 5.60 Å². The van der Waals surface area contributed by atoms with Crippen LogP contribution < -0.4 is 4.90 Å². The Morgan fingerprint density at radius 2 is 1.55 bits per heavy atom. The van der Waals surface area contributed by atoms with Crippen molar-refractivity contribution in [3.8, 4) is 11.1 Å². The Morgan fingerprint density at radius 3 is 2.11 bits per heavy atom. The fourth-order valence-electron chi connectivity index (χ4n) is 5.39. The predicted molar refractivity (Wildman–Crippen MR) is 185 cm³/mol. The second-order valence-electron chi connectivity index (χ2n) is 12.9. The number of esters is 1. The summed E-state index contributed by atoms with van der Waals surface area (Å²) in [5.41, 5.74) is 6.86. The lowest BCUT2D eigenvalue weighted by atomic mass is 9.94. The average molecular weight is 618 g/mol. The van der Waals surface area contributed by atoms with Crippen molar-refractivity contribution in [2.45, 2.75) is 104 Å². The number of hydrogen-bond donors (Lipinski definition) is 1. The highest BCUT2D eigenvalue weighted by molar-refractivity contribution is 7.98. The Labute approximate surface area is 269 Å². The molecular weight excluding hydrogens is 566 g/mol. The second-order valence-corrected chi connectivity index (χ2v) is 13.9. The van der Waals surface area contributed by atoms with E-state index in [1.54, 1.807) is 11.8 Å². The summed E-state index contributed by atoms with van der Waals surface area (Å²) in [4.78, 5) is 26.2. The number of anilines is 1. The first kappa shape index (κ1) is 35.2. The number of nitrogens with zero attached hydrogens (tertiary/aromatic N) is 1. The van der Waals surface area contributed by atoms with Gasteiger partial charge in [-0.2, -0.15) is 11.8 Å². The molecule has 1 atom stereocenters. The fraction of sp³-hybridized carbons (Fsp3) is 0.474. The molecule has 0 amide bonds. The standard InChI is InChI=1S/C38H51NO4S/c1-8-30(9-2)31-17-20-35(21-18-31)39(27(3)4)24-29-11-10-12-33(23-29)32-15-13-28(14-16-32)25-44-26-34(37(41)42)19-22-36(40)43-38(5,6)7/h10-18,20-21,23,27,30,34H,8-9,19,22,24-26H2,1-7H3,(H,41,42). The summed E-state index contributed by atoms with van der Waals surface area (Å²) in [5.74, 6) is -0.00864. The SMILES string of the molecule is CCC(CC)c1ccc(N(Cc2cccc(-c3ccc(CSCC(CCC(=O)OC(C)(C)C)C(=O)O)cc3)c2)C(C)C)cc1. The predicted octanol–water partition coefficient (Wildman–Crippen LogP) is 9.73. The van der Waals surface area contributed by atoms with Crippen molar-refractivity contribution in [2.75, 3.05) is 10.7 Å². The Bertz CT molecular complexity index is 1320. The van der Waals surface area contributed by atoms with Gasteiger partial charge in [0, 0.05) is 36.2 Å². The van der Waals surface area contributed by atoms with Gasteiger partial charge in [0.05, 0.1) is 5.92 Å². The first-order chi connectivity index (χ1) is 20.9. The summed E-state index contributed by atoms with van der Waals surface area (Å²) in [6.45, 7) is 15.3. The molecule has 0 aliphatic carbocycles. The van der Waals surface area contributed by atoms with E-state index in [4.69, 9.17) is 4.74 Å². The molecule has 0 saturated carbocycles. The maximum Gasteiger partial charge on any atom is 0.307 e. The Kier molecular flexibility index (Phi) is 13.4. The maximum absolute atomic E-state index is 12.0. The molecule has 0 aromatic heterocycles. The van der Waals surface area contributed by atoms with Crippen LogP contribution in [-0.2, 0) is 26.6 Å². The molecule has 0 radical (unpaired) electrons. The van der Waals surface area contributed by atoms with E-state index in [-0.39, 0.29) is 18.8 Å². The number of carboxylic acid groups (broad SMARTS) is 1. The molecular formula is C38H51NO4S. The van der Waals surface area contributed by atoms with E-state index in [0.29, 0.717) is 17.7 Å². The van der Waals surface area contributed by atoms with Crippen molar-refractivity contribution in [1.29, 1.82) is 0 Å². The molecule has 0 spiro atoms. The number of carbonyl (C=O) groups excluding carboxylic acids is 1. The van der Waals surface area contributed by atoms with Crippen LogP contribution in [0.5, 0.6) is 0 Å². The highest BCUT2D eigenvalue weighted by Crippen LogP contribution is 2.29. The minimum Gasteiger partial charge on any atom is -0.481 e. The Morgan fingerprint density at radius 1 is 0.886 bits per heavy atom. The van der Waals surface area contributed by atoms with E-state index < -0.39 is 17.5 Å². The highest BCUT2D eigenvalue weighted by atomic mass is 32.2. The average Bonchev–Trinajstić information content (AvgIpc) is 2.98. The van der Waals surface area contributed by atoms with Crippen LogP contribution >= 0.6 is 11.8 Å². The molecule has 3 rings (SSSR count). The molecule has 0 bridgehead atoms. The largest absolute Gasteiger partial charge is 0.481 e. The van der Waals surface area contributed by atoms with Crippen molar-refractivity contribution in [3.05, 3.63) is 89.5 Å². The van der Waals surface area contributed by atoms with Gasteiger partial charge < -0.3 is 14.7 Å². The Balaban J connectivity index is 1.59. The third kappa shape index (κ3) is 11.0. The molecule has 0 fully saturated rings. The lowest BCUT2D eigenvalue weighted by Gasteiger charge is -2.30. The monoisotopic (exact) mass is 617 g/mol. The zero-order valence-electron chi connectivity index (χ0n) is 27.6. The molecule has 0 aliphatic heterocycles. The number of carboxylic acids is 1. The summed E-state index contributed by atoms with van der Waals surface area (Å²) in [6, 6.07) is 26.8. The van der Waals surface area contributed by atoms with Crippen LogP contribution in [0.25, 0.3) is 11.1 Å². The van der Waals surface area contributed by atoms with Gasteiger partial charge in [0.25, 0.3) is 0 Å². The van der Waals surface area contributed by atoms with Crippen molar-refractivity contribution in [2.24, 2.45) is 5.92 Å². The van der Waals surface area contributed by atoms with E-state index in [0.717, 1.165) is 23.4 Å². The lowest BCUT2D eigenvalue weighted by molar-refractivity contribution is -0.155. The lowest BCUT2D eigenvalue weighted by Crippen LogP contribution is -2.30. The van der Waals surface area contributed by atoms with E-state index in [1.807, 2.05) is 20.8 Å². The molecule has 3 aromatic rings. The minimum absolute atomic E-state index is 0.113. The van der Waals surface area contributed by atoms with E-state index in [1.165, 1.54) is 35.2 Å². The number of benzene rings is 3. The third-order valence-corrected chi connectivity index (χ3v) is 9.10. The molecule has 0 heterocycles. The number of aliphatic carboxylic acids is 1. The summed E-state index contributed by atoms with van der Waals surface area (Å²) < 4.78 is 5.32. The zero-order valence-corrected chi connectivity index (χ0v) is 28.5. The van der Waals surface area contributed by atoms with Gasteiger partial charge in [-0.25, -0.2) is 0 Å². The summed E-state index contributed by atoms with van der Waals surface area (Å²) in [7, 11) is 0. The first-order valence-electron chi connectivity index (χ1n) is 16.0. The zero-order chi connectivity index (χ0) is 32.3. The number of ether oxygens (including phenoxy) is 1. The van der Waals surface area contributed by atoms with Gasteiger partial charge in [-0.3, -0.25) is 9.59 Å². The molecule has 44 heavy (non-hydrogen) atoms. The van der Waals surface area contributed by atoms with Gasteiger partial charge in [-0.1, -0.05) is 68.4 Å². The molecule has 238 valence electrons. The molecule has 1 N–H and O–H groups in total. The van der Waals surface area contributed by atoms with Crippen LogP contribution in [0.3, 0.4) is 0 Å². The highest BCUT2D eigenvalue weighted by Gasteiger charge is 2.22. The molecule has 5 nitrogen and oxygen atoms in total. The van der Waals surface area contributed by atoms with Crippen LogP contribution in [-0.4, -0.2) is 34.4 Å². The Hall–Kier alpha value is -3.25. The number of thioether (sulfide) groups is 1. The summed E-state index contributed by atoms with van der Waals surface area (Å²) >= 11 is 1.59. The molecule has 1 unspecified atom stereocenters. The maximum atomic E-state index is 12.0. The van der Waals surface area contributed by atoms with Crippen LogP contribution in [0.4, 0.5) is 5.69 Å². The number of rotatable bonds is 16. The van der Waals surface area contributed by atoms with Crippen molar-refractivity contribution >= 4 is 29.4 Å². The molecule has 0 saturated heterocycles. The first-order valence-corrected chi connectivity index (χ1v) is 17.1. The van der Waals surface area contributed by atoms with Crippen LogP contribution in [0, 0.1) is 5.92 Å². The van der Waals surface area contributed by atoms with Crippen molar-refractivity contribution in [1.82, 2.24) is 0 Å². The van der Waals surface area contributed by atoms with Gasteiger partial charge in [-0.05, 0) is 106 Å².